The molecule has 4 heteroatoms. The van der Waals surface area contributed by atoms with Crippen molar-refractivity contribution < 1.29 is 9.47 Å². The van der Waals surface area contributed by atoms with Crippen LogP contribution >= 0.6 is 0 Å². The van der Waals surface area contributed by atoms with Gasteiger partial charge in [-0.1, -0.05) is 12.1 Å². The number of nitrogens with zero attached hydrogens (tertiary/aromatic N) is 1. The fourth-order valence-electron chi connectivity index (χ4n) is 2.50. The molecule has 3 aromatic rings. The van der Waals surface area contributed by atoms with Crippen LogP contribution in [0.5, 0.6) is 11.5 Å². The number of aromatic amines is 1. The van der Waals surface area contributed by atoms with Crippen LogP contribution in [-0.2, 0) is 0 Å². The average Bonchev–Trinajstić information content (AvgIpc) is 2.92. The molecule has 0 unspecified atom stereocenters. The van der Waals surface area contributed by atoms with Gasteiger partial charge >= 0.3 is 0 Å². The van der Waals surface area contributed by atoms with Crippen molar-refractivity contribution in [2.45, 2.75) is 6.92 Å². The summed E-state index contributed by atoms with van der Waals surface area (Å²) in [6.45, 7) is 3.27. The Hall–Kier alpha value is -2.49. The molecular formula is C16H14N2O2. The van der Waals surface area contributed by atoms with E-state index in [1.54, 1.807) is 0 Å². The molecule has 2 aromatic carbocycles. The SMILES string of the molecule is Cc1cccc2[nH]c(-c3ccc4c(c3)OCCO4)nc12. The Labute approximate surface area is 116 Å². The number of hydrogen-bond acceptors (Lipinski definition) is 3. The van der Waals surface area contributed by atoms with E-state index < -0.39 is 0 Å². The number of hydrogen-bond donors (Lipinski definition) is 1. The van der Waals surface area contributed by atoms with Crippen molar-refractivity contribution in [1.29, 1.82) is 0 Å². The number of nitrogens with one attached hydrogen (secondary N) is 1. The van der Waals surface area contributed by atoms with Crippen LogP contribution in [0.1, 0.15) is 5.56 Å². The van der Waals surface area contributed by atoms with Gasteiger partial charge in [-0.25, -0.2) is 4.98 Å². The van der Waals surface area contributed by atoms with Crippen molar-refractivity contribution >= 4 is 11.0 Å². The van der Waals surface area contributed by atoms with Crippen LogP contribution in [0.25, 0.3) is 22.4 Å². The van der Waals surface area contributed by atoms with E-state index in [0.29, 0.717) is 13.2 Å². The van der Waals surface area contributed by atoms with E-state index in [9.17, 15) is 0 Å². The molecule has 1 N–H and O–H groups in total. The third-order valence-electron chi connectivity index (χ3n) is 3.53. The molecule has 0 bridgehead atoms. The largest absolute Gasteiger partial charge is 0.486 e. The molecule has 0 spiro atoms. The Balaban J connectivity index is 1.84. The lowest BCUT2D eigenvalue weighted by atomic mass is 10.2. The first-order valence-electron chi connectivity index (χ1n) is 6.66. The zero-order valence-electron chi connectivity index (χ0n) is 11.1. The number of fused-ring (bicyclic) bond motifs is 2. The van der Waals surface area contributed by atoms with Gasteiger partial charge in [0.05, 0.1) is 11.0 Å². The lowest BCUT2D eigenvalue weighted by Gasteiger charge is -2.18. The third-order valence-corrected chi connectivity index (χ3v) is 3.53. The molecule has 4 nitrogen and oxygen atoms in total. The number of benzene rings is 2. The van der Waals surface area contributed by atoms with Gasteiger partial charge in [0.15, 0.2) is 11.5 Å². The number of para-hydroxylation sites is 1. The van der Waals surface area contributed by atoms with Gasteiger partial charge < -0.3 is 14.5 Å². The first kappa shape index (κ1) is 11.3. The summed E-state index contributed by atoms with van der Waals surface area (Å²) in [6.07, 6.45) is 0. The number of ether oxygens (including phenoxy) is 2. The summed E-state index contributed by atoms with van der Waals surface area (Å²) in [5.74, 6) is 2.43. The Morgan fingerprint density at radius 2 is 1.90 bits per heavy atom. The quantitative estimate of drug-likeness (QED) is 0.735. The van der Waals surface area contributed by atoms with Crippen molar-refractivity contribution in [3.05, 3.63) is 42.0 Å². The molecule has 0 saturated carbocycles. The van der Waals surface area contributed by atoms with Crippen molar-refractivity contribution in [1.82, 2.24) is 9.97 Å². The molecule has 2 heterocycles. The number of imidazole rings is 1. The first-order valence-corrected chi connectivity index (χ1v) is 6.66. The smallest absolute Gasteiger partial charge is 0.162 e. The van der Waals surface area contributed by atoms with E-state index in [4.69, 9.17) is 9.47 Å². The van der Waals surface area contributed by atoms with Crippen LogP contribution in [0.15, 0.2) is 36.4 Å². The number of aromatic nitrogens is 2. The van der Waals surface area contributed by atoms with Crippen molar-refractivity contribution in [3.63, 3.8) is 0 Å². The van der Waals surface area contributed by atoms with Gasteiger partial charge in [0.1, 0.15) is 19.0 Å². The van der Waals surface area contributed by atoms with Crippen LogP contribution in [0.2, 0.25) is 0 Å². The van der Waals surface area contributed by atoms with Crippen LogP contribution in [0, 0.1) is 6.92 Å². The molecule has 0 amide bonds. The predicted octanol–water partition coefficient (Wildman–Crippen LogP) is 3.31. The topological polar surface area (TPSA) is 47.1 Å². The molecule has 0 aliphatic carbocycles. The summed E-state index contributed by atoms with van der Waals surface area (Å²) in [7, 11) is 0. The number of H-pyrrole nitrogens is 1. The highest BCUT2D eigenvalue weighted by Crippen LogP contribution is 2.34. The molecule has 100 valence electrons. The van der Waals surface area contributed by atoms with E-state index in [0.717, 1.165) is 33.9 Å². The lowest BCUT2D eigenvalue weighted by Crippen LogP contribution is -2.15. The van der Waals surface area contributed by atoms with Crippen LogP contribution in [-0.4, -0.2) is 23.2 Å². The van der Waals surface area contributed by atoms with E-state index >= 15 is 0 Å². The van der Waals surface area contributed by atoms with Crippen LogP contribution < -0.4 is 9.47 Å². The predicted molar refractivity (Wildman–Crippen MR) is 77.3 cm³/mol. The molecule has 0 saturated heterocycles. The molecule has 0 atom stereocenters. The second-order valence-electron chi connectivity index (χ2n) is 4.91. The third kappa shape index (κ3) is 1.72. The van der Waals surface area contributed by atoms with Crippen molar-refractivity contribution in [2.75, 3.05) is 13.2 Å². The molecule has 1 aliphatic rings. The summed E-state index contributed by atoms with van der Waals surface area (Å²) in [6, 6.07) is 12.0. The molecule has 0 fully saturated rings. The van der Waals surface area contributed by atoms with Gasteiger partial charge in [-0.2, -0.15) is 0 Å². The Bertz CT molecular complexity index is 792. The molecule has 4 rings (SSSR count). The number of rotatable bonds is 1. The van der Waals surface area contributed by atoms with Gasteiger partial charge in [0.25, 0.3) is 0 Å². The standard InChI is InChI=1S/C16H14N2O2/c1-10-3-2-4-12-15(10)18-16(17-12)11-5-6-13-14(9-11)20-8-7-19-13/h2-6,9H,7-8H2,1H3,(H,17,18). The summed E-state index contributed by atoms with van der Waals surface area (Å²) in [5, 5.41) is 0. The average molecular weight is 266 g/mol. The summed E-state index contributed by atoms with van der Waals surface area (Å²) in [5.41, 5.74) is 4.24. The molecule has 0 radical (unpaired) electrons. The Morgan fingerprint density at radius 1 is 1.05 bits per heavy atom. The molecule has 20 heavy (non-hydrogen) atoms. The zero-order chi connectivity index (χ0) is 13.5. The van der Waals surface area contributed by atoms with Crippen LogP contribution in [0.3, 0.4) is 0 Å². The van der Waals surface area contributed by atoms with Gasteiger partial charge in [-0.05, 0) is 36.8 Å². The monoisotopic (exact) mass is 266 g/mol. The highest BCUT2D eigenvalue weighted by atomic mass is 16.6. The summed E-state index contributed by atoms with van der Waals surface area (Å²) in [4.78, 5) is 8.03. The maximum absolute atomic E-state index is 5.62. The van der Waals surface area contributed by atoms with Crippen LogP contribution in [0.4, 0.5) is 0 Å². The summed E-state index contributed by atoms with van der Waals surface area (Å²) >= 11 is 0. The maximum atomic E-state index is 5.62. The maximum Gasteiger partial charge on any atom is 0.162 e. The minimum Gasteiger partial charge on any atom is -0.486 e. The van der Waals surface area contributed by atoms with Gasteiger partial charge in [0.2, 0.25) is 0 Å². The van der Waals surface area contributed by atoms with Gasteiger partial charge in [0, 0.05) is 5.56 Å². The fourth-order valence-corrected chi connectivity index (χ4v) is 2.50. The minimum absolute atomic E-state index is 0.593. The summed E-state index contributed by atoms with van der Waals surface area (Å²) < 4.78 is 11.2. The Kier molecular flexibility index (Phi) is 2.42. The van der Waals surface area contributed by atoms with Crippen molar-refractivity contribution in [2.24, 2.45) is 0 Å². The first-order chi connectivity index (χ1) is 9.81. The second-order valence-corrected chi connectivity index (χ2v) is 4.91. The van der Waals surface area contributed by atoms with Gasteiger partial charge in [-0.15, -0.1) is 0 Å². The minimum atomic E-state index is 0.593. The van der Waals surface area contributed by atoms with E-state index in [2.05, 4.69) is 23.0 Å². The fraction of sp³-hybridized carbons (Fsp3) is 0.188. The van der Waals surface area contributed by atoms with E-state index in [1.165, 1.54) is 5.56 Å². The highest BCUT2D eigenvalue weighted by Gasteiger charge is 2.14. The van der Waals surface area contributed by atoms with Crippen molar-refractivity contribution in [3.8, 4) is 22.9 Å². The Morgan fingerprint density at radius 3 is 2.75 bits per heavy atom. The normalized spacial score (nSPS) is 13.7. The van der Waals surface area contributed by atoms with Gasteiger partial charge in [-0.3, -0.25) is 0 Å². The highest BCUT2D eigenvalue weighted by molar-refractivity contribution is 5.82. The van der Waals surface area contributed by atoms with E-state index in [-0.39, 0.29) is 0 Å². The lowest BCUT2D eigenvalue weighted by molar-refractivity contribution is 0.171. The number of aryl methyl sites for hydroxylation is 1. The second kappa shape index (κ2) is 4.27. The molecule has 1 aliphatic heterocycles. The molecule has 1 aromatic heterocycles. The molecular weight excluding hydrogens is 252 g/mol. The van der Waals surface area contributed by atoms with E-state index in [1.807, 2.05) is 30.3 Å². The zero-order valence-corrected chi connectivity index (χ0v) is 11.1.